The monoisotopic (exact) mass is 548 g/mol. The van der Waals surface area contributed by atoms with Crippen LogP contribution < -0.4 is 15.0 Å². The fourth-order valence-corrected chi connectivity index (χ4v) is 5.24. The maximum atomic E-state index is 11.6. The summed E-state index contributed by atoms with van der Waals surface area (Å²) >= 11 is 5.81. The molecular weight excluding hydrogens is 524 g/mol. The molecule has 0 saturated carbocycles. The topological polar surface area (TPSA) is 93.7 Å². The number of rotatable bonds is 7. The lowest BCUT2D eigenvalue weighted by atomic mass is 10.0. The molecule has 198 valence electrons. The fraction of sp³-hybridized carbons (Fsp3) is 0.0968. The molecule has 9 heteroatoms. The highest BCUT2D eigenvalue weighted by Gasteiger charge is 2.42. The normalized spacial score (nSPS) is 16.5. The quantitative estimate of drug-likeness (QED) is 0.127. The summed E-state index contributed by atoms with van der Waals surface area (Å²) in [5, 5.41) is 15.6. The maximum absolute atomic E-state index is 11.6. The first-order valence-corrected chi connectivity index (χ1v) is 13.1. The molecule has 3 heterocycles. The molecule has 5 aromatic rings. The Morgan fingerprint density at radius 1 is 0.950 bits per heavy atom. The van der Waals surface area contributed by atoms with Crippen LogP contribution in [0.4, 0.5) is 11.4 Å². The lowest BCUT2D eigenvalue weighted by Gasteiger charge is -2.26. The maximum Gasteiger partial charge on any atom is 0.280 e. The number of nitrogens with one attached hydrogen (secondary N) is 1. The number of furan rings is 1. The SMILES string of the molecule is Cc1ccccc1Oc1ccc(N2C(=S)N[C@H](c3ccccn3)[C@H]2c2ccc(-c3ccccc3[N+](=O)[O-])o2)cc1. The van der Waals surface area contributed by atoms with Gasteiger partial charge >= 0.3 is 0 Å². The van der Waals surface area contributed by atoms with Crippen LogP contribution in [0.2, 0.25) is 0 Å². The van der Waals surface area contributed by atoms with Gasteiger partial charge in [-0.3, -0.25) is 15.1 Å². The van der Waals surface area contributed by atoms with Crippen molar-refractivity contribution in [3.05, 3.63) is 136 Å². The number of pyridine rings is 1. The van der Waals surface area contributed by atoms with Crippen LogP contribution in [-0.4, -0.2) is 15.0 Å². The number of aryl methyl sites for hydroxylation is 1. The smallest absolute Gasteiger partial charge is 0.280 e. The average molecular weight is 549 g/mol. The number of nitro groups is 1. The van der Waals surface area contributed by atoms with Gasteiger partial charge in [-0.05, 0) is 85.4 Å². The summed E-state index contributed by atoms with van der Waals surface area (Å²) in [6.07, 6.45) is 1.73. The molecule has 0 spiro atoms. The van der Waals surface area contributed by atoms with Crippen molar-refractivity contribution in [1.29, 1.82) is 0 Å². The van der Waals surface area contributed by atoms with E-state index in [1.54, 1.807) is 30.5 Å². The van der Waals surface area contributed by atoms with Gasteiger partial charge < -0.3 is 19.4 Å². The summed E-state index contributed by atoms with van der Waals surface area (Å²) in [5.74, 6) is 2.49. The molecule has 1 fully saturated rings. The predicted molar refractivity (Wildman–Crippen MR) is 156 cm³/mol. The molecule has 3 aromatic carbocycles. The molecule has 0 aliphatic carbocycles. The summed E-state index contributed by atoms with van der Waals surface area (Å²) in [4.78, 5) is 17.8. The number of nitrogens with zero attached hydrogens (tertiary/aromatic N) is 3. The zero-order valence-electron chi connectivity index (χ0n) is 21.4. The van der Waals surface area contributed by atoms with E-state index in [0.29, 0.717) is 27.9 Å². The Labute approximate surface area is 236 Å². The summed E-state index contributed by atoms with van der Waals surface area (Å²) in [7, 11) is 0. The van der Waals surface area contributed by atoms with Gasteiger partial charge in [0.25, 0.3) is 5.69 Å². The number of nitro benzene ring substituents is 1. The van der Waals surface area contributed by atoms with Crippen molar-refractivity contribution < 1.29 is 14.1 Å². The molecule has 1 aliphatic heterocycles. The van der Waals surface area contributed by atoms with Crippen molar-refractivity contribution >= 4 is 28.7 Å². The van der Waals surface area contributed by atoms with E-state index in [1.807, 2.05) is 84.6 Å². The molecule has 8 nitrogen and oxygen atoms in total. The van der Waals surface area contributed by atoms with Crippen molar-refractivity contribution in [2.45, 2.75) is 19.0 Å². The number of ether oxygens (including phenoxy) is 1. The van der Waals surface area contributed by atoms with E-state index in [0.717, 1.165) is 22.7 Å². The minimum absolute atomic E-state index is 0.0224. The lowest BCUT2D eigenvalue weighted by Crippen LogP contribution is -2.29. The van der Waals surface area contributed by atoms with Gasteiger partial charge in [0.15, 0.2) is 5.11 Å². The number of benzene rings is 3. The van der Waals surface area contributed by atoms with Crippen LogP contribution >= 0.6 is 12.2 Å². The van der Waals surface area contributed by atoms with Gasteiger partial charge in [-0.25, -0.2) is 0 Å². The van der Waals surface area contributed by atoms with E-state index >= 15 is 0 Å². The third-order valence-electron chi connectivity index (χ3n) is 6.82. The summed E-state index contributed by atoms with van der Waals surface area (Å²) in [5.41, 5.74) is 3.06. The van der Waals surface area contributed by atoms with E-state index in [-0.39, 0.29) is 11.7 Å². The number of para-hydroxylation sites is 2. The van der Waals surface area contributed by atoms with E-state index in [2.05, 4.69) is 10.3 Å². The molecule has 1 saturated heterocycles. The Morgan fingerprint density at radius 2 is 1.70 bits per heavy atom. The standard InChI is InChI=1S/C31H24N4O4S/c1-20-8-2-5-12-26(20)38-22-15-13-21(14-16-22)34-30(29(33-31(34)40)24-10-6-7-19-32-24)28-18-17-27(39-28)23-9-3-4-11-25(23)35(36)37/h2-19,29-30H,1H3,(H,33,40)/t29-,30-/m1/s1. The van der Waals surface area contributed by atoms with Gasteiger partial charge in [0.1, 0.15) is 29.1 Å². The summed E-state index contributed by atoms with van der Waals surface area (Å²) in [6.45, 7) is 2.00. The highest BCUT2D eigenvalue weighted by atomic mass is 32.1. The zero-order chi connectivity index (χ0) is 27.6. The second kappa shape index (κ2) is 10.6. The van der Waals surface area contributed by atoms with Crippen LogP contribution in [0, 0.1) is 17.0 Å². The minimum Gasteiger partial charge on any atom is -0.459 e. The van der Waals surface area contributed by atoms with Crippen molar-refractivity contribution in [2.24, 2.45) is 0 Å². The average Bonchev–Trinajstić information content (AvgIpc) is 3.60. The van der Waals surface area contributed by atoms with Crippen molar-refractivity contribution in [2.75, 3.05) is 4.90 Å². The van der Waals surface area contributed by atoms with E-state index in [1.165, 1.54) is 6.07 Å². The minimum atomic E-state index is -0.409. The molecular formula is C31H24N4O4S. The first kappa shape index (κ1) is 25.3. The van der Waals surface area contributed by atoms with Crippen molar-refractivity contribution in [1.82, 2.24) is 10.3 Å². The van der Waals surface area contributed by atoms with Crippen LogP contribution in [0.25, 0.3) is 11.3 Å². The Bertz CT molecular complexity index is 1690. The lowest BCUT2D eigenvalue weighted by molar-refractivity contribution is -0.384. The van der Waals surface area contributed by atoms with Crippen molar-refractivity contribution in [3.8, 4) is 22.8 Å². The number of hydrogen-bond donors (Lipinski definition) is 1. The van der Waals surface area contributed by atoms with Crippen LogP contribution in [0.15, 0.2) is 114 Å². The molecule has 1 N–H and O–H groups in total. The zero-order valence-corrected chi connectivity index (χ0v) is 22.2. The van der Waals surface area contributed by atoms with Crippen LogP contribution in [0.1, 0.15) is 29.1 Å². The van der Waals surface area contributed by atoms with Gasteiger partial charge in [-0.2, -0.15) is 0 Å². The van der Waals surface area contributed by atoms with E-state index < -0.39 is 11.0 Å². The largest absolute Gasteiger partial charge is 0.459 e. The molecule has 6 rings (SSSR count). The van der Waals surface area contributed by atoms with Crippen LogP contribution in [-0.2, 0) is 0 Å². The highest BCUT2D eigenvalue weighted by molar-refractivity contribution is 7.80. The van der Waals surface area contributed by atoms with Gasteiger partial charge in [-0.1, -0.05) is 36.4 Å². The fourth-order valence-electron chi connectivity index (χ4n) is 4.89. The third-order valence-corrected chi connectivity index (χ3v) is 7.13. The second-order valence-electron chi connectivity index (χ2n) is 9.33. The highest BCUT2D eigenvalue weighted by Crippen LogP contribution is 2.44. The third kappa shape index (κ3) is 4.78. The van der Waals surface area contributed by atoms with Gasteiger partial charge in [0.2, 0.25) is 0 Å². The Morgan fingerprint density at radius 3 is 2.45 bits per heavy atom. The van der Waals surface area contributed by atoms with Crippen molar-refractivity contribution in [3.63, 3.8) is 0 Å². The Balaban J connectivity index is 1.37. The van der Waals surface area contributed by atoms with Crippen LogP contribution in [0.3, 0.4) is 0 Å². The van der Waals surface area contributed by atoms with Crippen LogP contribution in [0.5, 0.6) is 11.5 Å². The molecule has 2 atom stereocenters. The Hall–Kier alpha value is -5.02. The molecule has 0 bridgehead atoms. The number of aromatic nitrogens is 1. The number of hydrogen-bond acceptors (Lipinski definition) is 6. The molecule has 2 aromatic heterocycles. The number of anilines is 1. The first-order chi connectivity index (χ1) is 19.5. The first-order valence-electron chi connectivity index (χ1n) is 12.7. The summed E-state index contributed by atoms with van der Waals surface area (Å²) in [6, 6.07) is 30.7. The molecule has 0 radical (unpaired) electrons. The number of thiocarbonyl (C=S) groups is 1. The van der Waals surface area contributed by atoms with E-state index in [9.17, 15) is 10.1 Å². The second-order valence-corrected chi connectivity index (χ2v) is 9.72. The summed E-state index contributed by atoms with van der Waals surface area (Å²) < 4.78 is 12.4. The van der Waals surface area contributed by atoms with Gasteiger partial charge in [0.05, 0.1) is 22.2 Å². The molecule has 1 aliphatic rings. The molecule has 40 heavy (non-hydrogen) atoms. The van der Waals surface area contributed by atoms with Gasteiger partial charge in [-0.15, -0.1) is 0 Å². The predicted octanol–water partition coefficient (Wildman–Crippen LogP) is 7.53. The van der Waals surface area contributed by atoms with E-state index in [4.69, 9.17) is 21.4 Å². The van der Waals surface area contributed by atoms with Gasteiger partial charge in [0, 0.05) is 18.0 Å². The Kier molecular flexibility index (Phi) is 6.71. The molecule has 0 amide bonds. The molecule has 0 unspecified atom stereocenters.